The lowest BCUT2D eigenvalue weighted by Gasteiger charge is -2.07. The number of hydrogen-bond acceptors (Lipinski definition) is 5. The molecule has 0 spiro atoms. The molecule has 0 aliphatic heterocycles. The summed E-state index contributed by atoms with van der Waals surface area (Å²) >= 11 is 0. The maximum absolute atomic E-state index is 12.6. The lowest BCUT2D eigenvalue weighted by Crippen LogP contribution is -2.18. The molecule has 86 valence electrons. The highest BCUT2D eigenvalue weighted by atomic mass is 19.3. The number of halogens is 2. The highest BCUT2D eigenvalue weighted by Gasteiger charge is 2.30. The van der Waals surface area contributed by atoms with Crippen LogP contribution in [0.1, 0.15) is 22.3 Å². The van der Waals surface area contributed by atoms with E-state index in [1.807, 2.05) is 0 Å². The molecular weight excluding hydrogens is 226 g/mol. The number of carbonyl (C=O) groups is 1. The number of nitrogen functional groups attached to an aromatic ring is 1. The number of carbonyl (C=O) groups excluding carboxylic acids is 1. The van der Waals surface area contributed by atoms with Gasteiger partial charge in [0.25, 0.3) is 18.0 Å². The van der Waals surface area contributed by atoms with Crippen molar-refractivity contribution < 1.29 is 18.5 Å². The Morgan fingerprint density at radius 3 is 2.50 bits per heavy atom. The Bertz CT molecular complexity index is 463. The zero-order valence-corrected chi connectivity index (χ0v) is 7.68. The van der Waals surface area contributed by atoms with Crippen molar-refractivity contribution >= 4 is 17.4 Å². The second-order valence-corrected chi connectivity index (χ2v) is 2.74. The minimum absolute atomic E-state index is 0.559. The molecule has 9 heteroatoms. The average molecular weight is 232 g/mol. The molecule has 16 heavy (non-hydrogen) atoms. The van der Waals surface area contributed by atoms with Crippen LogP contribution in [0.25, 0.3) is 0 Å². The molecule has 0 aliphatic carbocycles. The standard InChI is InChI=1S/C7H6F2N4O3/c8-5(9)3-2(13(15)16)1-12-6(10)4(3)7(11)14/h1,5H,(H2,10,12)(H2,11,14). The van der Waals surface area contributed by atoms with E-state index < -0.39 is 39.9 Å². The molecule has 0 bridgehead atoms. The summed E-state index contributed by atoms with van der Waals surface area (Å²) in [6.45, 7) is 0. The maximum atomic E-state index is 12.6. The van der Waals surface area contributed by atoms with Gasteiger partial charge in [0.15, 0.2) is 0 Å². The number of nitrogens with zero attached hydrogens (tertiary/aromatic N) is 2. The zero-order chi connectivity index (χ0) is 12.5. The van der Waals surface area contributed by atoms with Crippen LogP contribution < -0.4 is 11.5 Å². The van der Waals surface area contributed by atoms with Crippen molar-refractivity contribution in [1.29, 1.82) is 0 Å². The van der Waals surface area contributed by atoms with Crippen molar-refractivity contribution in [3.63, 3.8) is 0 Å². The van der Waals surface area contributed by atoms with E-state index in [9.17, 15) is 23.7 Å². The van der Waals surface area contributed by atoms with Gasteiger partial charge in [0.1, 0.15) is 17.6 Å². The normalized spacial score (nSPS) is 10.4. The number of aromatic nitrogens is 1. The molecule has 7 nitrogen and oxygen atoms in total. The van der Waals surface area contributed by atoms with Crippen LogP contribution in [0.4, 0.5) is 20.3 Å². The molecule has 0 saturated carbocycles. The molecule has 0 fully saturated rings. The highest BCUT2D eigenvalue weighted by molar-refractivity contribution is 5.99. The lowest BCUT2D eigenvalue weighted by atomic mass is 10.1. The van der Waals surface area contributed by atoms with Crippen LogP contribution in [0.15, 0.2) is 6.20 Å². The predicted octanol–water partition coefficient (Wildman–Crippen LogP) is 0.609. The fourth-order valence-electron chi connectivity index (χ4n) is 1.16. The number of anilines is 1. The molecule has 1 rings (SSSR count). The summed E-state index contributed by atoms with van der Waals surface area (Å²) in [6.07, 6.45) is -2.68. The first-order valence-corrected chi connectivity index (χ1v) is 3.87. The number of nitro groups is 1. The largest absolute Gasteiger partial charge is 0.383 e. The van der Waals surface area contributed by atoms with Gasteiger partial charge in [0.05, 0.1) is 10.5 Å². The Morgan fingerprint density at radius 2 is 2.12 bits per heavy atom. The zero-order valence-electron chi connectivity index (χ0n) is 7.68. The van der Waals surface area contributed by atoms with Gasteiger partial charge in [0, 0.05) is 0 Å². The van der Waals surface area contributed by atoms with Crippen molar-refractivity contribution in [3.05, 3.63) is 27.4 Å². The van der Waals surface area contributed by atoms with Crippen LogP contribution in [0, 0.1) is 10.1 Å². The topological polar surface area (TPSA) is 125 Å². The molecule has 0 unspecified atom stereocenters. The number of rotatable bonds is 3. The van der Waals surface area contributed by atoms with Crippen LogP contribution in [0.2, 0.25) is 0 Å². The molecule has 0 aliphatic rings. The average Bonchev–Trinajstić information content (AvgIpc) is 2.15. The summed E-state index contributed by atoms with van der Waals surface area (Å²) in [5, 5.41) is 10.5. The Labute approximate surface area is 87.2 Å². The van der Waals surface area contributed by atoms with Gasteiger partial charge < -0.3 is 11.5 Å². The number of hydrogen-bond donors (Lipinski definition) is 2. The molecular formula is C7H6F2N4O3. The van der Waals surface area contributed by atoms with Gasteiger partial charge >= 0.3 is 0 Å². The van der Waals surface area contributed by atoms with E-state index in [0.717, 1.165) is 0 Å². The smallest absolute Gasteiger partial charge is 0.297 e. The van der Waals surface area contributed by atoms with Crippen LogP contribution in [0.3, 0.4) is 0 Å². The molecule has 1 heterocycles. The summed E-state index contributed by atoms with van der Waals surface area (Å²) in [7, 11) is 0. The van der Waals surface area contributed by atoms with Crippen molar-refractivity contribution in [2.75, 3.05) is 5.73 Å². The van der Waals surface area contributed by atoms with Crippen LogP contribution in [-0.2, 0) is 0 Å². The van der Waals surface area contributed by atoms with Crippen molar-refractivity contribution in [1.82, 2.24) is 4.98 Å². The summed E-state index contributed by atoms with van der Waals surface area (Å²) < 4.78 is 25.2. The quantitative estimate of drug-likeness (QED) is 0.583. The third-order valence-corrected chi connectivity index (χ3v) is 1.79. The summed E-state index contributed by atoms with van der Waals surface area (Å²) in [6, 6.07) is 0. The van der Waals surface area contributed by atoms with Gasteiger partial charge in [-0.25, -0.2) is 13.8 Å². The van der Waals surface area contributed by atoms with E-state index in [4.69, 9.17) is 11.5 Å². The van der Waals surface area contributed by atoms with Crippen LogP contribution in [-0.4, -0.2) is 15.8 Å². The SMILES string of the molecule is NC(=O)c1c(N)ncc([N+](=O)[O-])c1C(F)F. The Hall–Kier alpha value is -2.32. The summed E-state index contributed by atoms with van der Waals surface area (Å²) in [5.74, 6) is -1.85. The third kappa shape index (κ3) is 1.87. The van der Waals surface area contributed by atoms with E-state index in [2.05, 4.69) is 4.98 Å². The summed E-state index contributed by atoms with van der Waals surface area (Å²) in [4.78, 5) is 23.5. The fraction of sp³-hybridized carbons (Fsp3) is 0.143. The van der Waals surface area contributed by atoms with E-state index in [1.54, 1.807) is 0 Å². The number of alkyl halides is 2. The van der Waals surface area contributed by atoms with Gasteiger partial charge in [-0.05, 0) is 0 Å². The molecule has 1 aromatic rings. The van der Waals surface area contributed by atoms with E-state index in [0.29, 0.717) is 6.20 Å². The van der Waals surface area contributed by atoms with Crippen molar-refractivity contribution in [2.45, 2.75) is 6.43 Å². The first-order chi connectivity index (χ1) is 7.36. The molecule has 1 amide bonds. The van der Waals surface area contributed by atoms with Gasteiger partial charge in [0.2, 0.25) is 0 Å². The molecule has 0 saturated heterocycles. The second kappa shape index (κ2) is 4.04. The van der Waals surface area contributed by atoms with E-state index in [1.165, 1.54) is 0 Å². The Morgan fingerprint density at radius 1 is 1.56 bits per heavy atom. The number of nitrogens with two attached hydrogens (primary N) is 2. The van der Waals surface area contributed by atoms with E-state index in [-0.39, 0.29) is 0 Å². The van der Waals surface area contributed by atoms with Crippen molar-refractivity contribution in [2.24, 2.45) is 5.73 Å². The van der Waals surface area contributed by atoms with Gasteiger partial charge in [-0.3, -0.25) is 14.9 Å². The second-order valence-electron chi connectivity index (χ2n) is 2.74. The third-order valence-electron chi connectivity index (χ3n) is 1.79. The minimum Gasteiger partial charge on any atom is -0.383 e. The number of primary amides is 1. The fourth-order valence-corrected chi connectivity index (χ4v) is 1.16. The molecule has 0 atom stereocenters. The van der Waals surface area contributed by atoms with Gasteiger partial charge in [-0.2, -0.15) is 0 Å². The molecule has 1 aromatic heterocycles. The lowest BCUT2D eigenvalue weighted by molar-refractivity contribution is -0.386. The molecule has 0 aromatic carbocycles. The minimum atomic E-state index is -3.24. The number of pyridine rings is 1. The Balaban J connectivity index is 3.63. The molecule has 4 N–H and O–H groups in total. The van der Waals surface area contributed by atoms with Gasteiger partial charge in [-0.15, -0.1) is 0 Å². The first-order valence-electron chi connectivity index (χ1n) is 3.87. The molecule has 0 radical (unpaired) electrons. The first kappa shape index (κ1) is 11.8. The van der Waals surface area contributed by atoms with Crippen molar-refractivity contribution in [3.8, 4) is 0 Å². The van der Waals surface area contributed by atoms with Gasteiger partial charge in [-0.1, -0.05) is 0 Å². The van der Waals surface area contributed by atoms with E-state index >= 15 is 0 Å². The maximum Gasteiger partial charge on any atom is 0.297 e. The predicted molar refractivity (Wildman–Crippen MR) is 48.8 cm³/mol. The van der Waals surface area contributed by atoms with Crippen LogP contribution in [0.5, 0.6) is 0 Å². The Kier molecular flexibility index (Phi) is 2.97. The monoisotopic (exact) mass is 232 g/mol. The highest BCUT2D eigenvalue weighted by Crippen LogP contribution is 2.33. The number of amides is 1. The summed E-state index contributed by atoms with van der Waals surface area (Å²) in [5.41, 5.74) is 7.06. The van der Waals surface area contributed by atoms with Crippen LogP contribution >= 0.6 is 0 Å².